The highest BCUT2D eigenvalue weighted by molar-refractivity contribution is 5.97. The fourth-order valence-electron chi connectivity index (χ4n) is 3.78. The lowest BCUT2D eigenvalue weighted by Crippen LogP contribution is -2.03. The van der Waals surface area contributed by atoms with Gasteiger partial charge < -0.3 is 9.84 Å². The molecule has 0 aliphatic heterocycles. The smallest absolute Gasteiger partial charge is 0.204 e. The summed E-state index contributed by atoms with van der Waals surface area (Å²) in [5, 5.41) is 24.3. The van der Waals surface area contributed by atoms with Gasteiger partial charge in [-0.25, -0.2) is 4.39 Å². The number of hydrogen-bond donors (Lipinski definition) is 2. The third-order valence-electron chi connectivity index (χ3n) is 5.57. The van der Waals surface area contributed by atoms with Gasteiger partial charge >= 0.3 is 0 Å². The van der Waals surface area contributed by atoms with Gasteiger partial charge in [-0.1, -0.05) is 55.8 Å². The molecule has 0 saturated carbocycles. The van der Waals surface area contributed by atoms with E-state index in [0.717, 1.165) is 12.0 Å². The number of tetrazole rings is 1. The molecule has 0 bridgehead atoms. The molecule has 1 aromatic heterocycles. The van der Waals surface area contributed by atoms with Crippen molar-refractivity contribution in [1.29, 1.82) is 0 Å². The van der Waals surface area contributed by atoms with Crippen LogP contribution in [0.15, 0.2) is 60.7 Å². The molecule has 0 radical (unpaired) electrons. The molecule has 0 fully saturated rings. The first-order chi connectivity index (χ1) is 16.5. The molecular weight excluding hydrogens is 435 g/mol. The van der Waals surface area contributed by atoms with E-state index in [-0.39, 0.29) is 23.7 Å². The molecule has 0 aliphatic rings. The van der Waals surface area contributed by atoms with Crippen LogP contribution in [0.1, 0.15) is 59.1 Å². The van der Waals surface area contributed by atoms with Crippen molar-refractivity contribution in [2.45, 2.75) is 39.5 Å². The lowest BCUT2D eigenvalue weighted by atomic mass is 9.99. The number of ether oxygens (including phenoxy) is 1. The van der Waals surface area contributed by atoms with Crippen LogP contribution >= 0.6 is 0 Å². The highest BCUT2D eigenvalue weighted by atomic mass is 19.1. The van der Waals surface area contributed by atoms with E-state index >= 15 is 4.39 Å². The second-order valence-electron chi connectivity index (χ2n) is 8.00. The number of rotatable bonds is 9. The molecule has 0 spiro atoms. The number of nitrogens with zero attached hydrogens (tertiary/aromatic N) is 3. The van der Waals surface area contributed by atoms with Crippen molar-refractivity contribution in [3.8, 4) is 22.9 Å². The zero-order chi connectivity index (χ0) is 24.1. The van der Waals surface area contributed by atoms with Gasteiger partial charge in [0.15, 0.2) is 12.0 Å². The van der Waals surface area contributed by atoms with E-state index in [2.05, 4.69) is 20.6 Å². The maximum atomic E-state index is 15.2. The number of alkyl halides is 1. The third kappa shape index (κ3) is 4.96. The summed E-state index contributed by atoms with van der Waals surface area (Å²) in [6.07, 6.45) is 0.0773. The average Bonchev–Trinajstić information content (AvgIpc) is 3.39. The Hall–Kier alpha value is -4.07. The topological polar surface area (TPSA) is 101 Å². The second kappa shape index (κ2) is 10.2. The van der Waals surface area contributed by atoms with Crippen molar-refractivity contribution < 1.29 is 19.0 Å². The molecule has 1 heterocycles. The van der Waals surface area contributed by atoms with Crippen molar-refractivity contribution in [2.24, 2.45) is 0 Å². The Morgan fingerprint density at radius 3 is 2.59 bits per heavy atom. The van der Waals surface area contributed by atoms with E-state index in [4.69, 9.17) is 4.74 Å². The van der Waals surface area contributed by atoms with Crippen LogP contribution in [0.25, 0.3) is 11.4 Å². The maximum Gasteiger partial charge on any atom is 0.204 e. The highest BCUT2D eigenvalue weighted by Crippen LogP contribution is 2.34. The van der Waals surface area contributed by atoms with Gasteiger partial charge in [0.25, 0.3) is 0 Å². The summed E-state index contributed by atoms with van der Waals surface area (Å²) in [5.41, 5.74) is 3.46. The van der Waals surface area contributed by atoms with Gasteiger partial charge in [0, 0.05) is 11.1 Å². The van der Waals surface area contributed by atoms with Crippen molar-refractivity contribution in [1.82, 2.24) is 20.6 Å². The molecule has 4 aromatic rings. The Morgan fingerprint density at radius 2 is 1.91 bits per heavy atom. The number of phenolic OH excluding ortho intramolecular Hbond substituents is 1. The molecule has 0 amide bonds. The van der Waals surface area contributed by atoms with E-state index in [1.807, 2.05) is 19.1 Å². The van der Waals surface area contributed by atoms with Crippen molar-refractivity contribution >= 4 is 5.78 Å². The van der Waals surface area contributed by atoms with E-state index in [0.29, 0.717) is 40.2 Å². The number of Topliss-reactive ketones (excluding diaryl/α,β-unsaturated/α-hetero) is 1. The normalized spacial score (nSPS) is 11.9. The summed E-state index contributed by atoms with van der Waals surface area (Å²) in [5.74, 6) is 0.729. The van der Waals surface area contributed by atoms with Gasteiger partial charge in [0.05, 0.1) is 5.56 Å². The van der Waals surface area contributed by atoms with Crippen LogP contribution in [-0.4, -0.2) is 31.5 Å². The van der Waals surface area contributed by atoms with E-state index in [1.165, 1.54) is 6.92 Å². The van der Waals surface area contributed by atoms with Crippen molar-refractivity contribution in [3.63, 3.8) is 0 Å². The van der Waals surface area contributed by atoms with Crippen LogP contribution in [0.2, 0.25) is 0 Å². The molecular formula is C26H25FN4O3. The van der Waals surface area contributed by atoms with E-state index in [9.17, 15) is 9.90 Å². The minimum Gasteiger partial charge on any atom is -0.507 e. The van der Waals surface area contributed by atoms with Gasteiger partial charge in [0.1, 0.15) is 18.1 Å². The lowest BCUT2D eigenvalue weighted by molar-refractivity contribution is 0.101. The predicted molar refractivity (Wildman–Crippen MR) is 125 cm³/mol. The Labute approximate surface area is 196 Å². The number of aromatic nitrogens is 4. The summed E-state index contributed by atoms with van der Waals surface area (Å²) in [4.78, 5) is 11.7. The first kappa shape index (κ1) is 23.1. The number of phenols is 1. The predicted octanol–water partition coefficient (Wildman–Crippen LogP) is 5.37. The number of carbonyl (C=O) groups excluding carboxylic acids is 1. The number of hydrogen-bond acceptors (Lipinski definition) is 6. The fraction of sp³-hybridized carbons (Fsp3) is 0.231. The molecule has 174 valence electrons. The number of carbonyl (C=O) groups is 1. The van der Waals surface area contributed by atoms with Crippen LogP contribution in [0, 0.1) is 0 Å². The average molecular weight is 461 g/mol. The number of halogens is 1. The molecule has 7 nitrogen and oxygen atoms in total. The number of benzene rings is 3. The number of ketones is 1. The summed E-state index contributed by atoms with van der Waals surface area (Å²) < 4.78 is 21.2. The Balaban J connectivity index is 1.47. The zero-order valence-electron chi connectivity index (χ0n) is 19.0. The molecule has 2 N–H and O–H groups in total. The summed E-state index contributed by atoms with van der Waals surface area (Å²) in [6.45, 7) is 3.67. The summed E-state index contributed by atoms with van der Waals surface area (Å²) in [6, 6.07) is 17.4. The first-order valence-corrected chi connectivity index (χ1v) is 11.0. The van der Waals surface area contributed by atoms with Gasteiger partial charge in [-0.2, -0.15) is 5.21 Å². The largest absolute Gasteiger partial charge is 0.507 e. The minimum atomic E-state index is -1.31. The molecule has 34 heavy (non-hydrogen) atoms. The molecule has 0 aliphatic carbocycles. The Bertz CT molecular complexity index is 1270. The molecule has 0 saturated heterocycles. The maximum absolute atomic E-state index is 15.2. The van der Waals surface area contributed by atoms with Crippen LogP contribution < -0.4 is 4.74 Å². The highest BCUT2D eigenvalue weighted by Gasteiger charge is 2.17. The zero-order valence-corrected chi connectivity index (χ0v) is 19.0. The molecule has 4 rings (SSSR count). The SMILES string of the molecule is CCCc1c(OCc2ccc([C@H](F)c3cccc(-c4nn[nH]n4)c3)cc2)ccc(C(C)=O)c1O. The van der Waals surface area contributed by atoms with Crippen LogP contribution in [0.3, 0.4) is 0 Å². The molecule has 0 unspecified atom stereocenters. The number of aromatic amines is 1. The van der Waals surface area contributed by atoms with Crippen LogP contribution in [-0.2, 0) is 13.0 Å². The first-order valence-electron chi connectivity index (χ1n) is 11.0. The number of aromatic hydroxyl groups is 1. The van der Waals surface area contributed by atoms with Gasteiger partial charge in [-0.15, -0.1) is 10.2 Å². The third-order valence-corrected chi connectivity index (χ3v) is 5.57. The number of nitrogens with one attached hydrogen (secondary N) is 1. The van der Waals surface area contributed by atoms with Gasteiger partial charge in [-0.05, 0) is 53.4 Å². The van der Waals surface area contributed by atoms with Gasteiger partial charge in [-0.3, -0.25) is 4.79 Å². The standard InChI is InChI=1S/C26H25FN4O3/c1-3-5-22-23(13-12-21(16(2)32)25(22)33)34-15-17-8-10-18(11-9-17)24(27)19-6-4-7-20(14-19)26-28-30-31-29-26/h4,6-14,24,33H,3,5,15H2,1-2H3,(H,28,29,30,31)/t24-/m0/s1. The minimum absolute atomic E-state index is 0.0227. The fourth-order valence-corrected chi connectivity index (χ4v) is 3.78. The Kier molecular flexibility index (Phi) is 6.96. The second-order valence-corrected chi connectivity index (χ2v) is 8.00. The molecule has 1 atom stereocenters. The van der Waals surface area contributed by atoms with Crippen molar-refractivity contribution in [3.05, 3.63) is 88.5 Å². The lowest BCUT2D eigenvalue weighted by Gasteiger charge is -2.15. The summed E-state index contributed by atoms with van der Waals surface area (Å²) in [7, 11) is 0. The van der Waals surface area contributed by atoms with Crippen LogP contribution in [0.4, 0.5) is 4.39 Å². The monoisotopic (exact) mass is 460 g/mol. The van der Waals surface area contributed by atoms with Gasteiger partial charge in [0.2, 0.25) is 5.82 Å². The Morgan fingerprint density at radius 1 is 1.12 bits per heavy atom. The van der Waals surface area contributed by atoms with Crippen LogP contribution in [0.5, 0.6) is 11.5 Å². The number of H-pyrrole nitrogens is 1. The van der Waals surface area contributed by atoms with E-state index < -0.39 is 6.17 Å². The van der Waals surface area contributed by atoms with E-state index in [1.54, 1.807) is 48.5 Å². The molecule has 8 heteroatoms. The summed E-state index contributed by atoms with van der Waals surface area (Å²) >= 11 is 0. The quantitative estimate of drug-likeness (QED) is 0.326. The molecule has 3 aromatic carbocycles. The van der Waals surface area contributed by atoms with Crippen molar-refractivity contribution in [2.75, 3.05) is 0 Å².